The molecule has 3 aliphatic heterocycles. The number of benzene rings is 5. The average molecular weight is 837 g/mol. The van der Waals surface area contributed by atoms with Gasteiger partial charge < -0.3 is 30.2 Å². The second-order valence-corrected chi connectivity index (χ2v) is 14.9. The van der Waals surface area contributed by atoms with Gasteiger partial charge in [-0.2, -0.15) is 0 Å². The fourth-order valence-corrected chi connectivity index (χ4v) is 9.08. The number of non-ortho nitro benzene ring substituents is 1. The van der Waals surface area contributed by atoms with Crippen molar-refractivity contribution in [2.24, 2.45) is 11.7 Å². The third-order valence-corrected chi connectivity index (χ3v) is 11.5. The molecule has 2 fully saturated rings. The van der Waals surface area contributed by atoms with Crippen LogP contribution in [0, 0.1) is 27.9 Å². The van der Waals surface area contributed by atoms with Gasteiger partial charge in [0.25, 0.3) is 5.69 Å². The van der Waals surface area contributed by atoms with Crippen molar-refractivity contribution in [1.82, 2.24) is 4.90 Å². The molecule has 2 saturated heterocycles. The largest absolute Gasteiger partial charge is 0.491 e. The van der Waals surface area contributed by atoms with Crippen LogP contribution in [0.5, 0.6) is 5.75 Å². The van der Waals surface area contributed by atoms with Gasteiger partial charge in [-0.3, -0.25) is 29.4 Å². The Labute approximate surface area is 355 Å². The van der Waals surface area contributed by atoms with E-state index < -0.39 is 64.4 Å². The molecule has 1 spiro atoms. The van der Waals surface area contributed by atoms with Crippen LogP contribution in [0.15, 0.2) is 127 Å². The van der Waals surface area contributed by atoms with E-state index in [4.69, 9.17) is 19.9 Å². The first-order valence-electron chi connectivity index (χ1n) is 19.8. The first-order valence-corrected chi connectivity index (χ1v) is 19.8. The van der Waals surface area contributed by atoms with Gasteiger partial charge in [-0.05, 0) is 70.3 Å². The molecule has 0 radical (unpaired) electrons. The van der Waals surface area contributed by atoms with E-state index in [0.717, 1.165) is 4.90 Å². The number of imide groups is 1. The topological polar surface area (TPSA) is 212 Å². The van der Waals surface area contributed by atoms with Gasteiger partial charge in [-0.1, -0.05) is 84.6 Å². The quantitative estimate of drug-likeness (QED) is 0.0680. The number of ether oxygens (including phenoxy) is 3. The number of esters is 1. The average Bonchev–Trinajstić information content (AvgIpc) is 3.75. The number of cyclic esters (lactones) is 1. The maximum absolute atomic E-state index is 16.0. The summed E-state index contributed by atoms with van der Waals surface area (Å²) in [6, 6.07) is 31.5. The minimum Gasteiger partial charge on any atom is -0.491 e. The van der Waals surface area contributed by atoms with E-state index in [1.807, 2.05) is 60.7 Å². The lowest BCUT2D eigenvalue weighted by molar-refractivity contribution is -0.384. The van der Waals surface area contributed by atoms with Crippen molar-refractivity contribution in [1.29, 1.82) is 0 Å². The molecule has 15 heteroatoms. The number of nitrogens with zero attached hydrogens (tertiary/aromatic N) is 3. The Morgan fingerprint density at radius 3 is 2.19 bits per heavy atom. The van der Waals surface area contributed by atoms with Crippen LogP contribution in [0.3, 0.4) is 0 Å². The monoisotopic (exact) mass is 836 g/mol. The van der Waals surface area contributed by atoms with Crippen molar-refractivity contribution < 1.29 is 48.5 Å². The molecule has 0 unspecified atom stereocenters. The molecule has 8 rings (SSSR count). The van der Waals surface area contributed by atoms with E-state index in [1.165, 1.54) is 30.3 Å². The molecule has 0 saturated carbocycles. The molecule has 3 amide bonds. The first kappa shape index (κ1) is 41.4. The zero-order valence-corrected chi connectivity index (χ0v) is 33.0. The van der Waals surface area contributed by atoms with Gasteiger partial charge in [0, 0.05) is 24.1 Å². The molecule has 5 aromatic rings. The fourth-order valence-electron chi connectivity index (χ4n) is 9.08. The normalized spacial score (nSPS) is 22.5. The molecular formula is C47H40N4O11. The molecule has 62 heavy (non-hydrogen) atoms. The molecule has 5 aromatic carbocycles. The molecule has 0 aromatic heterocycles. The molecule has 4 N–H and O–H groups in total. The highest BCUT2D eigenvalue weighted by atomic mass is 16.6. The number of hydrogen-bond donors (Lipinski definition) is 3. The van der Waals surface area contributed by atoms with Crippen molar-refractivity contribution >= 4 is 35.3 Å². The van der Waals surface area contributed by atoms with Crippen molar-refractivity contribution in [2.75, 3.05) is 24.7 Å². The Hall–Kier alpha value is -7.38. The number of nitro groups is 1. The molecule has 3 heterocycles. The zero-order valence-electron chi connectivity index (χ0n) is 33.0. The van der Waals surface area contributed by atoms with Crippen LogP contribution in [-0.4, -0.2) is 69.8 Å². The van der Waals surface area contributed by atoms with Crippen LogP contribution in [0.1, 0.15) is 58.0 Å². The van der Waals surface area contributed by atoms with Gasteiger partial charge in [0.1, 0.15) is 36.5 Å². The van der Waals surface area contributed by atoms with Crippen LogP contribution in [0.4, 0.5) is 16.2 Å². The standard InChI is InChI=1S/C47H40N4O11/c48-43(54)38-40-44(55)62-41(32-13-5-2-6-14-32)39(31-11-3-1-4-12-31)50(40)42(33-15-9-16-35(27-33)60-25-24-53)47(38)36-26-29(10-7-8-23-52)19-22-37(36)49(45(47)56)46(57)61-28-30-17-20-34(21-18-30)51(58)59/h1-6,9,11-22,26-27,38-42,52-53H,8,23-25,28H2,(H2,48,54)/t38-,39-,40-,41+,42+,47-/m0/s1. The summed E-state index contributed by atoms with van der Waals surface area (Å²) in [5.41, 5.74) is 6.82. The SMILES string of the molecule is NC(=O)[C@@H]1[C@H]2C(=O)O[C@H](c3ccccc3)[C@H](c3ccccc3)N2[C@H](c2cccc(OCCO)c2)[C@@]12C(=O)N(C(=O)OCc1ccc([N+](=O)[O-])cc1)c1ccc(C#CCCO)cc12. The highest BCUT2D eigenvalue weighted by Gasteiger charge is 2.75. The number of rotatable bonds is 11. The predicted molar refractivity (Wildman–Crippen MR) is 222 cm³/mol. The Morgan fingerprint density at radius 1 is 0.839 bits per heavy atom. The summed E-state index contributed by atoms with van der Waals surface area (Å²) >= 11 is 0. The number of carbonyl (C=O) groups excluding carboxylic acids is 4. The molecule has 15 nitrogen and oxygen atoms in total. The van der Waals surface area contributed by atoms with E-state index >= 15 is 4.79 Å². The number of anilines is 1. The number of carbonyl (C=O) groups is 4. The lowest BCUT2D eigenvalue weighted by Gasteiger charge is -2.46. The highest BCUT2D eigenvalue weighted by Crippen LogP contribution is 2.66. The number of primary amides is 1. The van der Waals surface area contributed by atoms with Crippen molar-refractivity contribution in [3.8, 4) is 17.6 Å². The minimum atomic E-state index is -2.14. The van der Waals surface area contributed by atoms with E-state index in [2.05, 4.69) is 11.8 Å². The lowest BCUT2D eigenvalue weighted by atomic mass is 9.65. The second kappa shape index (κ2) is 17.3. The van der Waals surface area contributed by atoms with Gasteiger partial charge in [-0.25, -0.2) is 9.69 Å². The molecule has 0 aliphatic carbocycles. The fraction of sp³-hybridized carbons (Fsp3) is 0.234. The van der Waals surface area contributed by atoms with E-state index in [-0.39, 0.29) is 49.8 Å². The summed E-state index contributed by atoms with van der Waals surface area (Å²) < 4.78 is 17.9. The second-order valence-electron chi connectivity index (χ2n) is 14.9. The van der Waals surface area contributed by atoms with Crippen LogP contribution in [-0.2, 0) is 35.9 Å². The minimum absolute atomic E-state index is 0.0458. The summed E-state index contributed by atoms with van der Waals surface area (Å²) in [7, 11) is 0. The van der Waals surface area contributed by atoms with Crippen LogP contribution in [0.2, 0.25) is 0 Å². The van der Waals surface area contributed by atoms with Crippen LogP contribution < -0.4 is 15.4 Å². The van der Waals surface area contributed by atoms with Gasteiger partial charge in [0.05, 0.1) is 41.8 Å². The van der Waals surface area contributed by atoms with E-state index in [0.29, 0.717) is 33.6 Å². The van der Waals surface area contributed by atoms with Crippen molar-refractivity contribution in [3.63, 3.8) is 0 Å². The Kier molecular flexibility index (Phi) is 11.5. The smallest absolute Gasteiger partial charge is 0.421 e. The van der Waals surface area contributed by atoms with Gasteiger partial charge in [-0.15, -0.1) is 0 Å². The molecular weight excluding hydrogens is 797 g/mol. The molecule has 314 valence electrons. The molecule has 3 aliphatic rings. The summed E-state index contributed by atoms with van der Waals surface area (Å²) in [5, 5.41) is 30.4. The summed E-state index contributed by atoms with van der Waals surface area (Å²) in [6.45, 7) is -0.941. The summed E-state index contributed by atoms with van der Waals surface area (Å²) in [6.07, 6.45) is -1.95. The van der Waals surface area contributed by atoms with E-state index in [9.17, 15) is 34.7 Å². The Balaban J connectivity index is 1.38. The zero-order chi connectivity index (χ0) is 43.5. The third kappa shape index (κ3) is 7.19. The van der Waals surface area contributed by atoms with Gasteiger partial charge in [0.2, 0.25) is 11.8 Å². The van der Waals surface area contributed by atoms with Crippen LogP contribution >= 0.6 is 0 Å². The van der Waals surface area contributed by atoms with Crippen LogP contribution in [0.25, 0.3) is 0 Å². The van der Waals surface area contributed by atoms with E-state index in [1.54, 1.807) is 41.3 Å². The summed E-state index contributed by atoms with van der Waals surface area (Å²) in [5.74, 6) is 1.78. The Morgan fingerprint density at radius 2 is 1.53 bits per heavy atom. The third-order valence-electron chi connectivity index (χ3n) is 11.5. The number of hydrogen-bond acceptors (Lipinski definition) is 12. The highest BCUT2D eigenvalue weighted by molar-refractivity contribution is 6.23. The number of aliphatic hydroxyl groups is 2. The first-order chi connectivity index (χ1) is 30.1. The summed E-state index contributed by atoms with van der Waals surface area (Å²) in [4.78, 5) is 73.0. The maximum Gasteiger partial charge on any atom is 0.421 e. The number of morpholine rings is 1. The number of amides is 3. The van der Waals surface area contributed by atoms with Crippen molar-refractivity contribution in [3.05, 3.63) is 171 Å². The van der Waals surface area contributed by atoms with Gasteiger partial charge >= 0.3 is 12.1 Å². The Bertz CT molecular complexity index is 2600. The lowest BCUT2D eigenvalue weighted by Crippen LogP contribution is -2.55. The van der Waals surface area contributed by atoms with Crippen molar-refractivity contribution in [2.45, 2.75) is 42.7 Å². The molecule has 6 atom stereocenters. The maximum atomic E-state index is 16.0. The number of nitro benzene ring substituents is 1. The van der Waals surface area contributed by atoms with Gasteiger partial charge in [0.15, 0.2) is 0 Å². The predicted octanol–water partition coefficient (Wildman–Crippen LogP) is 5.19. The number of aliphatic hydroxyl groups excluding tert-OH is 2. The molecule has 0 bridgehead atoms. The number of fused-ring (bicyclic) bond motifs is 3. The number of nitrogens with two attached hydrogens (primary N) is 1.